The van der Waals surface area contributed by atoms with E-state index in [0.717, 1.165) is 32.0 Å². The Balaban J connectivity index is 2.03. The maximum Gasteiger partial charge on any atom is 0.128 e. The standard InChI is InChI=1S/C14H23N3/c1-2-15-12-13-7-8-16-14(11-13)17-9-5-3-4-6-10-17/h7-8,11,15H,2-6,9-10,12H2,1H3. The molecule has 0 bridgehead atoms. The summed E-state index contributed by atoms with van der Waals surface area (Å²) in [6, 6.07) is 4.33. The Morgan fingerprint density at radius 1 is 1.24 bits per heavy atom. The van der Waals surface area contributed by atoms with Crippen LogP contribution in [0.15, 0.2) is 18.3 Å². The molecule has 0 aromatic carbocycles. The minimum atomic E-state index is 0.944. The van der Waals surface area contributed by atoms with Gasteiger partial charge in [-0.3, -0.25) is 0 Å². The summed E-state index contributed by atoms with van der Waals surface area (Å²) < 4.78 is 0. The molecule has 0 amide bonds. The molecule has 2 rings (SSSR count). The summed E-state index contributed by atoms with van der Waals surface area (Å²) >= 11 is 0. The van der Waals surface area contributed by atoms with Gasteiger partial charge >= 0.3 is 0 Å². The van der Waals surface area contributed by atoms with E-state index in [1.807, 2.05) is 6.20 Å². The number of nitrogens with zero attached hydrogens (tertiary/aromatic N) is 2. The average Bonchev–Trinajstić information content (AvgIpc) is 2.65. The molecule has 0 spiro atoms. The quantitative estimate of drug-likeness (QED) is 0.866. The summed E-state index contributed by atoms with van der Waals surface area (Å²) in [4.78, 5) is 6.94. The maximum absolute atomic E-state index is 4.51. The van der Waals surface area contributed by atoms with Crippen molar-refractivity contribution in [1.82, 2.24) is 10.3 Å². The van der Waals surface area contributed by atoms with Gasteiger partial charge in [-0.2, -0.15) is 0 Å². The van der Waals surface area contributed by atoms with Gasteiger partial charge in [0.25, 0.3) is 0 Å². The van der Waals surface area contributed by atoms with Crippen molar-refractivity contribution in [2.24, 2.45) is 0 Å². The topological polar surface area (TPSA) is 28.2 Å². The van der Waals surface area contributed by atoms with Crippen molar-refractivity contribution >= 4 is 5.82 Å². The van der Waals surface area contributed by atoms with E-state index in [1.54, 1.807) is 0 Å². The molecule has 0 aliphatic carbocycles. The van der Waals surface area contributed by atoms with Crippen molar-refractivity contribution < 1.29 is 0 Å². The lowest BCUT2D eigenvalue weighted by Crippen LogP contribution is -2.25. The van der Waals surface area contributed by atoms with E-state index in [1.165, 1.54) is 31.2 Å². The molecule has 1 aromatic rings. The molecule has 3 heteroatoms. The van der Waals surface area contributed by atoms with E-state index in [-0.39, 0.29) is 0 Å². The third-order valence-electron chi connectivity index (χ3n) is 3.32. The Labute approximate surface area is 104 Å². The molecule has 17 heavy (non-hydrogen) atoms. The van der Waals surface area contributed by atoms with Crippen LogP contribution in [0.1, 0.15) is 38.2 Å². The first kappa shape index (κ1) is 12.4. The third kappa shape index (κ3) is 3.70. The van der Waals surface area contributed by atoms with Gasteiger partial charge in [0.05, 0.1) is 0 Å². The van der Waals surface area contributed by atoms with Crippen LogP contribution >= 0.6 is 0 Å². The molecule has 0 atom stereocenters. The smallest absolute Gasteiger partial charge is 0.128 e. The van der Waals surface area contributed by atoms with Crippen molar-refractivity contribution in [2.45, 2.75) is 39.2 Å². The van der Waals surface area contributed by atoms with Gasteiger partial charge in [0.1, 0.15) is 5.82 Å². The normalized spacial score (nSPS) is 16.9. The monoisotopic (exact) mass is 233 g/mol. The Bertz CT molecular complexity index is 330. The number of pyridine rings is 1. The number of rotatable bonds is 4. The van der Waals surface area contributed by atoms with E-state index in [4.69, 9.17) is 0 Å². The van der Waals surface area contributed by atoms with Crippen molar-refractivity contribution in [3.8, 4) is 0 Å². The molecule has 1 saturated heterocycles. The minimum Gasteiger partial charge on any atom is -0.357 e. The minimum absolute atomic E-state index is 0.944. The SMILES string of the molecule is CCNCc1ccnc(N2CCCCCC2)c1. The Kier molecular flexibility index (Phi) is 4.80. The van der Waals surface area contributed by atoms with Crippen LogP contribution in [0.4, 0.5) is 5.82 Å². The molecular formula is C14H23N3. The van der Waals surface area contributed by atoms with Gasteiger partial charge in [0, 0.05) is 25.8 Å². The molecule has 2 heterocycles. The lowest BCUT2D eigenvalue weighted by Gasteiger charge is -2.21. The number of aromatic nitrogens is 1. The van der Waals surface area contributed by atoms with E-state index >= 15 is 0 Å². The zero-order chi connectivity index (χ0) is 11.9. The highest BCUT2D eigenvalue weighted by Crippen LogP contribution is 2.18. The van der Waals surface area contributed by atoms with Crippen LogP contribution < -0.4 is 10.2 Å². The lowest BCUT2D eigenvalue weighted by atomic mass is 10.2. The zero-order valence-electron chi connectivity index (χ0n) is 10.8. The molecule has 3 nitrogen and oxygen atoms in total. The van der Waals surface area contributed by atoms with Crippen LogP contribution in [-0.4, -0.2) is 24.6 Å². The first-order chi connectivity index (χ1) is 8.40. The summed E-state index contributed by atoms with van der Waals surface area (Å²) in [5.74, 6) is 1.15. The fourth-order valence-corrected chi connectivity index (χ4v) is 2.31. The van der Waals surface area contributed by atoms with E-state index in [0.29, 0.717) is 0 Å². The molecule has 1 fully saturated rings. The summed E-state index contributed by atoms with van der Waals surface area (Å²) in [6.45, 7) is 6.42. The Morgan fingerprint density at radius 3 is 2.71 bits per heavy atom. The van der Waals surface area contributed by atoms with Gasteiger partial charge in [0.15, 0.2) is 0 Å². The highest BCUT2D eigenvalue weighted by molar-refractivity contribution is 5.41. The van der Waals surface area contributed by atoms with Crippen molar-refractivity contribution in [1.29, 1.82) is 0 Å². The summed E-state index contributed by atoms with van der Waals surface area (Å²) in [6.07, 6.45) is 7.28. The second kappa shape index (κ2) is 6.60. The van der Waals surface area contributed by atoms with Crippen molar-refractivity contribution in [2.75, 3.05) is 24.5 Å². The van der Waals surface area contributed by atoms with Crippen LogP contribution in [0.3, 0.4) is 0 Å². The van der Waals surface area contributed by atoms with E-state index in [9.17, 15) is 0 Å². The molecule has 0 saturated carbocycles. The molecule has 1 N–H and O–H groups in total. The largest absolute Gasteiger partial charge is 0.357 e. The van der Waals surface area contributed by atoms with E-state index in [2.05, 4.69) is 34.3 Å². The fourth-order valence-electron chi connectivity index (χ4n) is 2.31. The molecule has 0 radical (unpaired) electrons. The van der Waals surface area contributed by atoms with Crippen LogP contribution in [0.2, 0.25) is 0 Å². The summed E-state index contributed by atoms with van der Waals surface area (Å²) in [5, 5.41) is 3.36. The summed E-state index contributed by atoms with van der Waals surface area (Å²) in [5.41, 5.74) is 1.33. The Hall–Kier alpha value is -1.09. The van der Waals surface area contributed by atoms with Crippen LogP contribution in [-0.2, 0) is 6.54 Å². The number of hydrogen-bond donors (Lipinski definition) is 1. The van der Waals surface area contributed by atoms with Crippen molar-refractivity contribution in [3.63, 3.8) is 0 Å². The van der Waals surface area contributed by atoms with Gasteiger partial charge in [-0.1, -0.05) is 19.8 Å². The van der Waals surface area contributed by atoms with Gasteiger partial charge < -0.3 is 10.2 Å². The maximum atomic E-state index is 4.51. The van der Waals surface area contributed by atoms with Gasteiger partial charge in [-0.05, 0) is 37.1 Å². The molecule has 1 aliphatic heterocycles. The lowest BCUT2D eigenvalue weighted by molar-refractivity contribution is 0.722. The molecule has 1 aliphatic rings. The number of anilines is 1. The molecular weight excluding hydrogens is 210 g/mol. The highest BCUT2D eigenvalue weighted by atomic mass is 15.2. The fraction of sp³-hybridized carbons (Fsp3) is 0.643. The first-order valence-electron chi connectivity index (χ1n) is 6.80. The average molecular weight is 233 g/mol. The second-order valence-electron chi connectivity index (χ2n) is 4.70. The first-order valence-corrected chi connectivity index (χ1v) is 6.80. The summed E-state index contributed by atoms with van der Waals surface area (Å²) in [7, 11) is 0. The van der Waals surface area contributed by atoms with Crippen LogP contribution in [0.25, 0.3) is 0 Å². The molecule has 1 aromatic heterocycles. The molecule has 94 valence electrons. The van der Waals surface area contributed by atoms with Gasteiger partial charge in [-0.15, -0.1) is 0 Å². The second-order valence-corrected chi connectivity index (χ2v) is 4.70. The number of nitrogens with one attached hydrogen (secondary N) is 1. The Morgan fingerprint density at radius 2 is 2.00 bits per heavy atom. The zero-order valence-corrected chi connectivity index (χ0v) is 10.8. The third-order valence-corrected chi connectivity index (χ3v) is 3.32. The highest BCUT2D eigenvalue weighted by Gasteiger charge is 2.10. The van der Waals surface area contributed by atoms with Crippen molar-refractivity contribution in [3.05, 3.63) is 23.9 Å². The molecule has 0 unspecified atom stereocenters. The van der Waals surface area contributed by atoms with Gasteiger partial charge in [-0.25, -0.2) is 4.98 Å². The van der Waals surface area contributed by atoms with E-state index < -0.39 is 0 Å². The van der Waals surface area contributed by atoms with Crippen LogP contribution in [0, 0.1) is 0 Å². The number of hydrogen-bond acceptors (Lipinski definition) is 3. The predicted molar refractivity (Wildman–Crippen MR) is 72.3 cm³/mol. The van der Waals surface area contributed by atoms with Gasteiger partial charge in [0.2, 0.25) is 0 Å². The predicted octanol–water partition coefficient (Wildman–Crippen LogP) is 2.57. The van der Waals surface area contributed by atoms with Crippen LogP contribution in [0.5, 0.6) is 0 Å².